The van der Waals surface area contributed by atoms with Crippen molar-refractivity contribution in [3.05, 3.63) is 65.7 Å². The van der Waals surface area contributed by atoms with Gasteiger partial charge < -0.3 is 10.6 Å². The van der Waals surface area contributed by atoms with Gasteiger partial charge in [0.15, 0.2) is 0 Å². The maximum absolute atomic E-state index is 12.2. The standard InChI is InChI=1S/C20H24N2O.ClH/c23-20(11-10-17-12-13-21-15-17)22-19-9-5-4-8-18(19)14-16-6-2-1-3-7-16;/h1-9,17,21H,10-15H2,(H,22,23);1H. The molecule has 0 bridgehead atoms. The second-order valence-corrected chi connectivity index (χ2v) is 6.27. The van der Waals surface area contributed by atoms with E-state index in [2.05, 4.69) is 28.8 Å². The van der Waals surface area contributed by atoms with E-state index in [1.807, 2.05) is 36.4 Å². The highest BCUT2D eigenvalue weighted by atomic mass is 35.5. The molecular weight excluding hydrogens is 320 g/mol. The van der Waals surface area contributed by atoms with Crippen molar-refractivity contribution >= 4 is 24.0 Å². The Kier molecular flexibility index (Phi) is 7.29. The highest BCUT2D eigenvalue weighted by Gasteiger charge is 2.16. The highest BCUT2D eigenvalue weighted by Crippen LogP contribution is 2.20. The van der Waals surface area contributed by atoms with Gasteiger partial charge in [-0.2, -0.15) is 0 Å². The van der Waals surface area contributed by atoms with Crippen LogP contribution >= 0.6 is 12.4 Å². The van der Waals surface area contributed by atoms with E-state index in [-0.39, 0.29) is 18.3 Å². The maximum atomic E-state index is 12.2. The van der Waals surface area contributed by atoms with E-state index in [1.54, 1.807) is 0 Å². The van der Waals surface area contributed by atoms with Gasteiger partial charge in [-0.15, -0.1) is 12.4 Å². The molecular formula is C20H25ClN2O. The van der Waals surface area contributed by atoms with Crippen LogP contribution in [0, 0.1) is 5.92 Å². The molecule has 1 aliphatic heterocycles. The number of benzene rings is 2. The number of carbonyl (C=O) groups is 1. The molecule has 0 aliphatic carbocycles. The van der Waals surface area contributed by atoms with Crippen molar-refractivity contribution in [3.8, 4) is 0 Å². The fraction of sp³-hybridized carbons (Fsp3) is 0.350. The average molecular weight is 345 g/mol. The summed E-state index contributed by atoms with van der Waals surface area (Å²) in [6.07, 6.45) is 3.60. The van der Waals surface area contributed by atoms with Crippen LogP contribution in [-0.4, -0.2) is 19.0 Å². The van der Waals surface area contributed by atoms with E-state index in [0.29, 0.717) is 12.3 Å². The van der Waals surface area contributed by atoms with E-state index in [9.17, 15) is 4.79 Å². The summed E-state index contributed by atoms with van der Waals surface area (Å²) >= 11 is 0. The Hall–Kier alpha value is -1.84. The Labute approximate surface area is 150 Å². The van der Waals surface area contributed by atoms with Crippen LogP contribution in [0.1, 0.15) is 30.4 Å². The molecule has 0 saturated carbocycles. The summed E-state index contributed by atoms with van der Waals surface area (Å²) in [4.78, 5) is 12.2. The van der Waals surface area contributed by atoms with Crippen LogP contribution in [0.3, 0.4) is 0 Å². The van der Waals surface area contributed by atoms with Gasteiger partial charge in [0.25, 0.3) is 0 Å². The second kappa shape index (κ2) is 9.45. The molecule has 128 valence electrons. The lowest BCUT2D eigenvalue weighted by Gasteiger charge is -2.12. The number of para-hydroxylation sites is 1. The quantitative estimate of drug-likeness (QED) is 0.830. The molecule has 1 saturated heterocycles. The van der Waals surface area contributed by atoms with Crippen LogP contribution in [0.4, 0.5) is 5.69 Å². The fourth-order valence-electron chi connectivity index (χ4n) is 3.12. The molecule has 3 nitrogen and oxygen atoms in total. The van der Waals surface area contributed by atoms with Gasteiger partial charge in [-0.3, -0.25) is 4.79 Å². The fourth-order valence-corrected chi connectivity index (χ4v) is 3.12. The van der Waals surface area contributed by atoms with E-state index >= 15 is 0 Å². The van der Waals surface area contributed by atoms with Crippen LogP contribution in [0.2, 0.25) is 0 Å². The minimum absolute atomic E-state index is 0. The summed E-state index contributed by atoms with van der Waals surface area (Å²) in [6, 6.07) is 18.4. The van der Waals surface area contributed by atoms with Gasteiger partial charge in [-0.25, -0.2) is 0 Å². The Morgan fingerprint density at radius 2 is 1.83 bits per heavy atom. The molecule has 2 N–H and O–H groups in total. The summed E-state index contributed by atoms with van der Waals surface area (Å²) < 4.78 is 0. The van der Waals surface area contributed by atoms with E-state index in [1.165, 1.54) is 12.0 Å². The minimum atomic E-state index is 0. The molecule has 1 aliphatic rings. The average Bonchev–Trinajstić information content (AvgIpc) is 3.09. The molecule has 3 rings (SSSR count). The normalized spacial score (nSPS) is 16.4. The zero-order valence-electron chi connectivity index (χ0n) is 13.8. The van der Waals surface area contributed by atoms with Gasteiger partial charge in [0.1, 0.15) is 0 Å². The first-order valence-electron chi connectivity index (χ1n) is 8.43. The van der Waals surface area contributed by atoms with Gasteiger partial charge >= 0.3 is 0 Å². The SMILES string of the molecule is Cl.O=C(CCC1CCNC1)Nc1ccccc1Cc1ccccc1. The zero-order valence-corrected chi connectivity index (χ0v) is 14.6. The molecule has 1 unspecified atom stereocenters. The lowest BCUT2D eigenvalue weighted by molar-refractivity contribution is -0.116. The summed E-state index contributed by atoms with van der Waals surface area (Å²) in [6.45, 7) is 2.14. The van der Waals surface area contributed by atoms with Crippen LogP contribution in [0.25, 0.3) is 0 Å². The highest BCUT2D eigenvalue weighted by molar-refractivity contribution is 5.91. The van der Waals surface area contributed by atoms with Crippen molar-refractivity contribution in [1.82, 2.24) is 5.32 Å². The van der Waals surface area contributed by atoms with Gasteiger partial charge in [0.2, 0.25) is 5.91 Å². The Balaban J connectivity index is 0.00000208. The topological polar surface area (TPSA) is 41.1 Å². The Bertz CT molecular complexity index is 639. The Morgan fingerprint density at radius 1 is 1.08 bits per heavy atom. The number of nitrogens with one attached hydrogen (secondary N) is 2. The lowest BCUT2D eigenvalue weighted by Crippen LogP contribution is -2.15. The van der Waals surface area contributed by atoms with Crippen molar-refractivity contribution < 1.29 is 4.79 Å². The molecule has 24 heavy (non-hydrogen) atoms. The summed E-state index contributed by atoms with van der Waals surface area (Å²) in [7, 11) is 0. The summed E-state index contributed by atoms with van der Waals surface area (Å²) in [5.41, 5.74) is 3.35. The molecule has 0 spiro atoms. The number of rotatable bonds is 6. The van der Waals surface area contributed by atoms with Crippen molar-refractivity contribution in [2.24, 2.45) is 5.92 Å². The maximum Gasteiger partial charge on any atom is 0.224 e. The van der Waals surface area contributed by atoms with Gasteiger partial charge in [0, 0.05) is 12.1 Å². The lowest BCUT2D eigenvalue weighted by atomic mass is 10.0. The molecule has 2 aromatic rings. The third-order valence-electron chi connectivity index (χ3n) is 4.47. The number of carbonyl (C=O) groups excluding carboxylic acids is 1. The van der Waals surface area contributed by atoms with Crippen LogP contribution in [0.15, 0.2) is 54.6 Å². The third kappa shape index (κ3) is 5.36. The minimum Gasteiger partial charge on any atom is -0.326 e. The van der Waals surface area contributed by atoms with Crippen LogP contribution in [0.5, 0.6) is 0 Å². The third-order valence-corrected chi connectivity index (χ3v) is 4.47. The zero-order chi connectivity index (χ0) is 15.9. The van der Waals surface area contributed by atoms with Crippen LogP contribution in [-0.2, 0) is 11.2 Å². The first kappa shape index (κ1) is 18.5. The molecule has 1 heterocycles. The van der Waals surface area contributed by atoms with Crippen molar-refractivity contribution in [2.75, 3.05) is 18.4 Å². The predicted molar refractivity (Wildman–Crippen MR) is 102 cm³/mol. The molecule has 1 atom stereocenters. The van der Waals surface area contributed by atoms with Crippen molar-refractivity contribution in [3.63, 3.8) is 0 Å². The molecule has 0 radical (unpaired) electrons. The number of hydrogen-bond donors (Lipinski definition) is 2. The van der Waals surface area contributed by atoms with E-state index in [0.717, 1.165) is 37.2 Å². The monoisotopic (exact) mass is 344 g/mol. The molecule has 1 fully saturated rings. The van der Waals surface area contributed by atoms with Gasteiger partial charge in [-0.05, 0) is 55.5 Å². The Morgan fingerprint density at radius 3 is 2.58 bits per heavy atom. The molecule has 2 aromatic carbocycles. The summed E-state index contributed by atoms with van der Waals surface area (Å²) in [5.74, 6) is 0.776. The number of halogens is 1. The predicted octanol–water partition coefficient (Wildman–Crippen LogP) is 4.03. The van der Waals surface area contributed by atoms with E-state index < -0.39 is 0 Å². The van der Waals surface area contributed by atoms with Crippen molar-refractivity contribution in [1.29, 1.82) is 0 Å². The number of hydrogen-bond acceptors (Lipinski definition) is 2. The van der Waals surface area contributed by atoms with Crippen LogP contribution < -0.4 is 10.6 Å². The number of amides is 1. The van der Waals surface area contributed by atoms with Crippen molar-refractivity contribution in [2.45, 2.75) is 25.7 Å². The van der Waals surface area contributed by atoms with E-state index in [4.69, 9.17) is 0 Å². The number of anilines is 1. The van der Waals surface area contributed by atoms with Gasteiger partial charge in [-0.1, -0.05) is 48.5 Å². The first-order valence-corrected chi connectivity index (χ1v) is 8.43. The first-order chi connectivity index (χ1) is 11.3. The largest absolute Gasteiger partial charge is 0.326 e. The smallest absolute Gasteiger partial charge is 0.224 e. The summed E-state index contributed by atoms with van der Waals surface area (Å²) in [5, 5.41) is 6.45. The van der Waals surface area contributed by atoms with Gasteiger partial charge in [0.05, 0.1) is 0 Å². The molecule has 1 amide bonds. The second-order valence-electron chi connectivity index (χ2n) is 6.27. The molecule has 0 aromatic heterocycles. The molecule has 4 heteroatoms.